The summed E-state index contributed by atoms with van der Waals surface area (Å²) in [6.45, 7) is 2.29. The topological polar surface area (TPSA) is 86.6 Å². The van der Waals surface area contributed by atoms with E-state index in [-0.39, 0.29) is 5.32 Å². The number of carboxylic acid groups (broad SMARTS) is 2. The molecule has 2 atom stereocenters. The number of nitrogens with one attached hydrogen (secondary N) is 1. The summed E-state index contributed by atoms with van der Waals surface area (Å²) in [6, 6.07) is -9.90. The van der Waals surface area contributed by atoms with Gasteiger partial charge in [0.25, 0.3) is 0 Å². The Labute approximate surface area is 222 Å². The van der Waals surface area contributed by atoms with Crippen molar-refractivity contribution in [1.82, 2.24) is 5.32 Å². The third-order valence-electron chi connectivity index (χ3n) is 4.72. The summed E-state index contributed by atoms with van der Waals surface area (Å²) in [7, 11) is 0. The maximum Gasteiger partial charge on any atom is 0.392 e. The average Bonchev–Trinajstić information content (AvgIpc) is 2.80. The summed E-state index contributed by atoms with van der Waals surface area (Å²) in [5.74, 6) is -61.1. The zero-order valence-corrected chi connectivity index (χ0v) is 20.7. The molecule has 3 N–H and O–H groups in total. The summed E-state index contributed by atoms with van der Waals surface area (Å²) in [6.07, 6.45) is -3.63. The molecule has 0 aliphatic heterocycles. The predicted molar refractivity (Wildman–Crippen MR) is 106 cm³/mol. The van der Waals surface area contributed by atoms with Gasteiger partial charge in [-0.1, -0.05) is 6.58 Å². The van der Waals surface area contributed by atoms with Gasteiger partial charge in [0, 0.05) is 6.08 Å². The third kappa shape index (κ3) is 7.24. The molecule has 23 heteroatoms. The first-order valence-electron chi connectivity index (χ1n) is 9.84. The normalized spacial score (nSPS) is 15.9. The van der Waals surface area contributed by atoms with Gasteiger partial charge in [-0.2, -0.15) is 82.0 Å². The van der Waals surface area contributed by atoms with Gasteiger partial charge in [-0.05, 0) is 25.4 Å². The molecule has 0 rings (SSSR count). The summed E-state index contributed by atoms with van der Waals surface area (Å²) in [4.78, 5) is 20.1. The lowest BCUT2D eigenvalue weighted by molar-refractivity contribution is -0.456. The van der Waals surface area contributed by atoms with E-state index in [1.807, 2.05) is 0 Å². The quantitative estimate of drug-likeness (QED) is 0.106. The first kappa shape index (κ1) is 40.9. The molecule has 0 aromatic carbocycles. The second-order valence-corrected chi connectivity index (χ2v) is 8.60. The van der Waals surface area contributed by atoms with Gasteiger partial charge in [-0.25, -0.2) is 14.5 Å². The van der Waals surface area contributed by atoms with Crippen molar-refractivity contribution in [3.63, 3.8) is 0 Å². The van der Waals surface area contributed by atoms with Crippen molar-refractivity contribution in [3.05, 3.63) is 12.7 Å². The van der Waals surface area contributed by atoms with Gasteiger partial charge in [0.15, 0.2) is 6.17 Å². The number of carbonyl (C=O) groups is 2. The van der Waals surface area contributed by atoms with Crippen LogP contribution in [0.15, 0.2) is 12.7 Å². The van der Waals surface area contributed by atoms with Crippen molar-refractivity contribution >= 4 is 23.7 Å². The summed E-state index contributed by atoms with van der Waals surface area (Å²) in [5, 5.41) is 16.2. The molecule has 0 fully saturated rings. The molecule has 0 heterocycles. The Bertz CT molecular complexity index is 927. The minimum Gasteiger partial charge on any atom is -0.480 e. The Balaban J connectivity index is 0. The van der Waals surface area contributed by atoms with E-state index in [1.54, 1.807) is 0 Å². The van der Waals surface area contributed by atoms with Crippen molar-refractivity contribution < 1.29 is 94.4 Å². The molecule has 41 heavy (non-hydrogen) atoms. The van der Waals surface area contributed by atoms with E-state index in [0.29, 0.717) is 11.8 Å². The van der Waals surface area contributed by atoms with Crippen molar-refractivity contribution in [1.29, 1.82) is 0 Å². The fourth-order valence-corrected chi connectivity index (χ4v) is 2.72. The predicted octanol–water partition coefficient (Wildman–Crippen LogP) is 6.44. The van der Waals surface area contributed by atoms with Gasteiger partial charge in [-0.15, -0.1) is 0 Å². The van der Waals surface area contributed by atoms with Crippen LogP contribution in [0.5, 0.6) is 0 Å². The molecule has 0 spiro atoms. The first-order chi connectivity index (χ1) is 17.8. The summed E-state index contributed by atoms with van der Waals surface area (Å²) >= 11 is 0.658. The highest BCUT2D eigenvalue weighted by atomic mass is 32.2. The smallest absolute Gasteiger partial charge is 0.392 e. The van der Waals surface area contributed by atoms with Gasteiger partial charge in [0.05, 0.1) is 0 Å². The fraction of sp³-hybridized carbons (Fsp3) is 0.778. The van der Waals surface area contributed by atoms with Gasteiger partial charge in [0.2, 0.25) is 0 Å². The molecule has 0 aromatic heterocycles. The molecule has 244 valence electrons. The Hall–Kier alpha value is -2.20. The lowest BCUT2D eigenvalue weighted by Crippen LogP contribution is -2.76. The number of thioether (sulfide) groups is 1. The number of alkyl halides is 17. The molecule has 0 aliphatic rings. The second-order valence-electron chi connectivity index (χ2n) is 7.62. The molecule has 0 aliphatic carbocycles. The van der Waals surface area contributed by atoms with Crippen LogP contribution in [-0.2, 0) is 9.59 Å². The SMILES string of the molecule is C=CC(=O)O.CSCC[C@H](NC(F)(F)C(F)(F)C(F)(F)C(F)(F)C(F)(F)C(F)(F)C(F)(F)C(F)(F)C(C)F)C(=O)O. The Morgan fingerprint density at radius 2 is 1.07 bits per heavy atom. The van der Waals surface area contributed by atoms with Crippen LogP contribution in [0.1, 0.15) is 13.3 Å². The standard InChI is InChI=1S/C15H14F17NO2S.C3H4O2/c1-5(16)8(17,18)9(19,20)10(21,22)11(23,24)12(25,26)13(27,28)14(29,30)15(31,32)33-6(7(34)35)3-4-36-2;1-2-3(4)5/h5-6,33H,3-4H2,1-2H3,(H,34,35);2H,1H2,(H,4,5)/t5?,6-;/m0./s1. The number of carboxylic acids is 2. The van der Waals surface area contributed by atoms with Gasteiger partial charge in [0.1, 0.15) is 6.04 Å². The van der Waals surface area contributed by atoms with Crippen molar-refractivity contribution in [3.8, 4) is 0 Å². The summed E-state index contributed by atoms with van der Waals surface area (Å²) < 4.78 is 230. The van der Waals surface area contributed by atoms with Crippen LogP contribution >= 0.6 is 11.8 Å². The van der Waals surface area contributed by atoms with E-state index >= 15 is 0 Å². The molecular weight excluding hydrogens is 649 g/mol. The molecule has 0 amide bonds. The monoisotopic (exact) mass is 667 g/mol. The maximum absolute atomic E-state index is 13.8. The molecule has 0 saturated heterocycles. The summed E-state index contributed by atoms with van der Waals surface area (Å²) in [5.41, 5.74) is 0. The zero-order chi connectivity index (χ0) is 33.8. The van der Waals surface area contributed by atoms with E-state index in [1.165, 1.54) is 6.26 Å². The zero-order valence-electron chi connectivity index (χ0n) is 19.9. The maximum atomic E-state index is 13.8. The van der Waals surface area contributed by atoms with Crippen molar-refractivity contribution in [2.75, 3.05) is 12.0 Å². The minimum absolute atomic E-state index is 0.0540. The largest absolute Gasteiger partial charge is 0.480 e. The highest BCUT2D eigenvalue weighted by Gasteiger charge is 2.95. The van der Waals surface area contributed by atoms with Crippen molar-refractivity contribution in [2.45, 2.75) is 73.1 Å². The fourth-order valence-electron chi connectivity index (χ4n) is 2.25. The van der Waals surface area contributed by atoms with E-state index in [2.05, 4.69) is 6.58 Å². The van der Waals surface area contributed by atoms with Gasteiger partial charge < -0.3 is 10.2 Å². The van der Waals surface area contributed by atoms with E-state index in [0.717, 1.165) is 6.08 Å². The number of halogens is 17. The number of hydrogen-bond acceptors (Lipinski definition) is 4. The minimum atomic E-state index is -8.67. The lowest BCUT2D eigenvalue weighted by atomic mass is 9.87. The number of aliphatic carboxylic acids is 2. The molecule has 0 radical (unpaired) electrons. The van der Waals surface area contributed by atoms with Crippen LogP contribution in [0.2, 0.25) is 0 Å². The highest BCUT2D eigenvalue weighted by Crippen LogP contribution is 2.64. The lowest BCUT2D eigenvalue weighted by Gasteiger charge is -2.44. The molecule has 1 unspecified atom stereocenters. The molecular formula is C18H18F17NO4S. The van der Waals surface area contributed by atoms with E-state index in [4.69, 9.17) is 10.2 Å². The number of hydrogen-bond donors (Lipinski definition) is 3. The van der Waals surface area contributed by atoms with Crippen LogP contribution in [0.3, 0.4) is 0 Å². The Morgan fingerprint density at radius 1 is 0.756 bits per heavy atom. The highest BCUT2D eigenvalue weighted by molar-refractivity contribution is 7.98. The van der Waals surface area contributed by atoms with Crippen LogP contribution in [0.25, 0.3) is 0 Å². The van der Waals surface area contributed by atoms with Crippen molar-refractivity contribution in [2.24, 2.45) is 0 Å². The molecule has 0 bridgehead atoms. The molecule has 0 aromatic rings. The average molecular weight is 667 g/mol. The van der Waals surface area contributed by atoms with Gasteiger partial charge >= 0.3 is 59.4 Å². The Kier molecular flexibility index (Phi) is 13.0. The number of rotatable bonds is 15. The van der Waals surface area contributed by atoms with Crippen LogP contribution in [-0.4, -0.2) is 93.9 Å². The van der Waals surface area contributed by atoms with Crippen LogP contribution in [0, 0.1) is 0 Å². The van der Waals surface area contributed by atoms with Gasteiger partial charge in [-0.3, -0.25) is 4.79 Å². The second kappa shape index (κ2) is 13.0. The van der Waals surface area contributed by atoms with Crippen LogP contribution < -0.4 is 5.32 Å². The van der Waals surface area contributed by atoms with E-state index < -0.39 is 90.8 Å². The van der Waals surface area contributed by atoms with E-state index in [9.17, 15) is 84.2 Å². The molecule has 5 nitrogen and oxygen atoms in total. The first-order valence-corrected chi connectivity index (χ1v) is 11.2. The molecule has 0 saturated carbocycles. The third-order valence-corrected chi connectivity index (χ3v) is 5.37. The van der Waals surface area contributed by atoms with Crippen LogP contribution in [0.4, 0.5) is 74.6 Å². The Morgan fingerprint density at radius 3 is 1.34 bits per heavy atom.